The standard InChI is InChI=1S/C6H7O4P.H3O5P/c7-11(8,9)10-6-4-2-1-3-5-6;1-5-6(2,3)4/h1-5H,(H2,7,8,9);1H,(H2,2,3,4). The Morgan fingerprint density at radius 2 is 1.29 bits per heavy atom. The molecular formula is C6H10O9P2. The second kappa shape index (κ2) is 6.85. The summed E-state index contributed by atoms with van der Waals surface area (Å²) in [4.78, 5) is 31.7. The van der Waals surface area contributed by atoms with E-state index in [1.807, 2.05) is 0 Å². The molecule has 98 valence electrons. The van der Waals surface area contributed by atoms with Crippen molar-refractivity contribution < 1.29 is 43.2 Å². The van der Waals surface area contributed by atoms with Gasteiger partial charge in [-0.05, 0) is 12.1 Å². The van der Waals surface area contributed by atoms with E-state index in [0.717, 1.165) is 0 Å². The lowest BCUT2D eigenvalue weighted by Gasteiger charge is -2.04. The highest BCUT2D eigenvalue weighted by molar-refractivity contribution is 7.46. The van der Waals surface area contributed by atoms with Crippen LogP contribution < -0.4 is 4.52 Å². The molecule has 0 aliphatic rings. The van der Waals surface area contributed by atoms with Gasteiger partial charge in [0.15, 0.2) is 0 Å². The van der Waals surface area contributed by atoms with Crippen LogP contribution in [0.3, 0.4) is 0 Å². The van der Waals surface area contributed by atoms with Crippen LogP contribution in [0.5, 0.6) is 5.75 Å². The maximum Gasteiger partial charge on any atom is 0.524 e. The molecule has 0 atom stereocenters. The van der Waals surface area contributed by atoms with E-state index in [2.05, 4.69) is 9.20 Å². The van der Waals surface area contributed by atoms with Crippen molar-refractivity contribution >= 4 is 15.6 Å². The Bertz CT molecular complexity index is 407. The van der Waals surface area contributed by atoms with Crippen LogP contribution in [-0.2, 0) is 13.8 Å². The molecule has 0 amide bonds. The fourth-order valence-electron chi connectivity index (χ4n) is 0.619. The summed E-state index contributed by atoms with van der Waals surface area (Å²) in [6.45, 7) is 0. The van der Waals surface area contributed by atoms with Crippen molar-refractivity contribution in [2.75, 3.05) is 0 Å². The van der Waals surface area contributed by atoms with E-state index in [4.69, 9.17) is 24.8 Å². The zero-order valence-corrected chi connectivity index (χ0v) is 9.94. The van der Waals surface area contributed by atoms with Crippen molar-refractivity contribution in [2.45, 2.75) is 0 Å². The van der Waals surface area contributed by atoms with Gasteiger partial charge >= 0.3 is 15.6 Å². The topological polar surface area (TPSA) is 154 Å². The smallest absolute Gasteiger partial charge is 0.404 e. The number of para-hydroxylation sites is 1. The first-order valence-corrected chi connectivity index (χ1v) is 6.89. The van der Waals surface area contributed by atoms with Gasteiger partial charge in [-0.15, -0.1) is 4.67 Å². The van der Waals surface area contributed by atoms with Gasteiger partial charge in [-0.3, -0.25) is 9.79 Å². The molecule has 11 heteroatoms. The number of phosphoric acid groups is 2. The van der Waals surface area contributed by atoms with Gasteiger partial charge < -0.3 is 14.3 Å². The molecule has 0 saturated heterocycles. The fraction of sp³-hybridized carbons (Fsp3) is 0. The van der Waals surface area contributed by atoms with E-state index in [9.17, 15) is 9.13 Å². The monoisotopic (exact) mass is 288 g/mol. The number of rotatable bonds is 3. The van der Waals surface area contributed by atoms with Gasteiger partial charge in [0.25, 0.3) is 0 Å². The molecule has 1 aromatic carbocycles. The van der Waals surface area contributed by atoms with Gasteiger partial charge in [0.05, 0.1) is 0 Å². The second-order valence-corrected chi connectivity index (χ2v) is 4.78. The van der Waals surface area contributed by atoms with Crippen LogP contribution in [0.1, 0.15) is 0 Å². The first-order chi connectivity index (χ1) is 7.64. The van der Waals surface area contributed by atoms with E-state index < -0.39 is 15.6 Å². The minimum Gasteiger partial charge on any atom is -0.404 e. The molecule has 17 heavy (non-hydrogen) atoms. The fourth-order valence-corrected chi connectivity index (χ4v) is 1.02. The molecule has 0 aliphatic heterocycles. The summed E-state index contributed by atoms with van der Waals surface area (Å²) in [5.41, 5.74) is 0. The van der Waals surface area contributed by atoms with Crippen LogP contribution in [0, 0.1) is 0 Å². The number of phosphoric ester groups is 1. The lowest BCUT2D eigenvalue weighted by molar-refractivity contribution is -0.158. The summed E-state index contributed by atoms with van der Waals surface area (Å²) < 4.78 is 26.4. The second-order valence-electron chi connectivity index (χ2n) is 2.47. The molecule has 1 aromatic rings. The predicted octanol–water partition coefficient (Wildman–Crippen LogP) is 0.727. The molecule has 0 bridgehead atoms. The van der Waals surface area contributed by atoms with Crippen molar-refractivity contribution in [3.05, 3.63) is 30.3 Å². The Kier molecular flexibility index (Phi) is 6.54. The third-order valence-electron chi connectivity index (χ3n) is 1.07. The van der Waals surface area contributed by atoms with E-state index >= 15 is 0 Å². The number of benzene rings is 1. The van der Waals surface area contributed by atoms with E-state index in [1.54, 1.807) is 18.2 Å². The maximum atomic E-state index is 10.3. The first kappa shape index (κ1) is 16.2. The van der Waals surface area contributed by atoms with E-state index in [-0.39, 0.29) is 5.75 Å². The number of hydrogen-bond donors (Lipinski definition) is 5. The molecule has 9 nitrogen and oxygen atoms in total. The van der Waals surface area contributed by atoms with Gasteiger partial charge in [-0.2, -0.15) is 0 Å². The van der Waals surface area contributed by atoms with Gasteiger partial charge in [0.1, 0.15) is 5.75 Å². The van der Waals surface area contributed by atoms with Gasteiger partial charge in [0, 0.05) is 0 Å². The molecule has 0 saturated carbocycles. The largest absolute Gasteiger partial charge is 0.524 e. The van der Waals surface area contributed by atoms with Crippen molar-refractivity contribution in [3.63, 3.8) is 0 Å². The minimum absolute atomic E-state index is 0.167. The first-order valence-electron chi connectivity index (χ1n) is 3.83. The molecule has 0 unspecified atom stereocenters. The maximum absolute atomic E-state index is 10.3. The van der Waals surface area contributed by atoms with E-state index in [0.29, 0.717) is 0 Å². The molecule has 1 rings (SSSR count). The summed E-state index contributed by atoms with van der Waals surface area (Å²) in [6, 6.07) is 7.93. The van der Waals surface area contributed by atoms with Crippen molar-refractivity contribution in [2.24, 2.45) is 0 Å². The molecule has 0 radical (unpaired) electrons. The van der Waals surface area contributed by atoms with Crippen LogP contribution in [0.4, 0.5) is 0 Å². The van der Waals surface area contributed by atoms with Crippen LogP contribution in [-0.4, -0.2) is 24.8 Å². The molecule has 0 heterocycles. The summed E-state index contributed by atoms with van der Waals surface area (Å²) in [7, 11) is -8.98. The Labute approximate surface area is 95.7 Å². The van der Waals surface area contributed by atoms with Crippen molar-refractivity contribution in [3.8, 4) is 5.75 Å². The normalized spacial score (nSPS) is 11.4. The third-order valence-corrected chi connectivity index (χ3v) is 1.74. The van der Waals surface area contributed by atoms with Crippen molar-refractivity contribution in [1.29, 1.82) is 0 Å². The van der Waals surface area contributed by atoms with Crippen LogP contribution in [0.15, 0.2) is 30.3 Å². The quantitative estimate of drug-likeness (QED) is 0.307. The Morgan fingerprint density at radius 3 is 1.59 bits per heavy atom. The zero-order valence-electron chi connectivity index (χ0n) is 8.15. The molecule has 0 spiro atoms. The Balaban J connectivity index is 0.000000366. The molecule has 5 N–H and O–H groups in total. The highest BCUT2D eigenvalue weighted by Crippen LogP contribution is 2.37. The van der Waals surface area contributed by atoms with E-state index in [1.165, 1.54) is 12.1 Å². The van der Waals surface area contributed by atoms with Crippen molar-refractivity contribution in [1.82, 2.24) is 0 Å². The molecular weight excluding hydrogens is 278 g/mol. The van der Waals surface area contributed by atoms with Crippen LogP contribution in [0.2, 0.25) is 0 Å². The Morgan fingerprint density at radius 1 is 0.882 bits per heavy atom. The zero-order chi connectivity index (χ0) is 13.5. The van der Waals surface area contributed by atoms with Gasteiger partial charge in [-0.25, -0.2) is 14.4 Å². The average molecular weight is 288 g/mol. The number of hydrogen-bond acceptors (Lipinski definition) is 5. The molecule has 0 fully saturated rings. The summed E-state index contributed by atoms with van der Waals surface area (Å²) in [5, 5.41) is 7.14. The third kappa shape index (κ3) is 11.5. The van der Waals surface area contributed by atoms with Crippen LogP contribution in [0.25, 0.3) is 0 Å². The summed E-state index contributed by atoms with van der Waals surface area (Å²) >= 11 is 0. The highest BCUT2D eigenvalue weighted by atomic mass is 31.2. The lowest BCUT2D eigenvalue weighted by atomic mass is 10.3. The predicted molar refractivity (Wildman–Crippen MR) is 54.9 cm³/mol. The summed E-state index contributed by atoms with van der Waals surface area (Å²) in [6.07, 6.45) is 0. The SMILES string of the molecule is O=P(O)(O)OO.O=P(O)(O)Oc1ccccc1. The lowest BCUT2D eigenvalue weighted by Crippen LogP contribution is -1.88. The van der Waals surface area contributed by atoms with Gasteiger partial charge in [0.2, 0.25) is 0 Å². The highest BCUT2D eigenvalue weighted by Gasteiger charge is 2.14. The van der Waals surface area contributed by atoms with Gasteiger partial charge in [-0.1, -0.05) is 18.2 Å². The molecule has 0 aromatic heterocycles. The summed E-state index contributed by atoms with van der Waals surface area (Å²) in [5.74, 6) is 0.167. The van der Waals surface area contributed by atoms with Crippen LogP contribution >= 0.6 is 15.6 Å². The average Bonchev–Trinajstić information content (AvgIpc) is 2.16. The molecule has 0 aliphatic carbocycles. The minimum atomic E-state index is -4.59. The Hall–Kier alpha value is -0.760.